The highest BCUT2D eigenvalue weighted by molar-refractivity contribution is 5.31. The second-order valence-electron chi connectivity index (χ2n) is 2.63. The SMILES string of the molecule is CC1C(N)=C(N)C=C(F)C1F. The predicted molar refractivity (Wildman–Crippen MR) is 38.7 cm³/mol. The van der Waals surface area contributed by atoms with Crippen LogP contribution >= 0.6 is 0 Å². The van der Waals surface area contributed by atoms with Crippen LogP contribution in [0.4, 0.5) is 8.78 Å². The molecule has 0 aromatic rings. The van der Waals surface area contributed by atoms with Crippen LogP contribution in [0.25, 0.3) is 0 Å². The van der Waals surface area contributed by atoms with Crippen LogP contribution in [0.1, 0.15) is 6.92 Å². The van der Waals surface area contributed by atoms with Gasteiger partial charge in [-0.3, -0.25) is 0 Å². The topological polar surface area (TPSA) is 52.0 Å². The van der Waals surface area contributed by atoms with E-state index in [0.29, 0.717) is 0 Å². The smallest absolute Gasteiger partial charge is 0.159 e. The molecule has 0 amide bonds. The molecule has 1 aliphatic carbocycles. The lowest BCUT2D eigenvalue weighted by atomic mass is 9.95. The number of alkyl halides is 1. The Labute approximate surface area is 63.6 Å². The highest BCUT2D eigenvalue weighted by Crippen LogP contribution is 2.27. The molecule has 4 heteroatoms. The molecule has 1 rings (SSSR count). The molecule has 0 saturated carbocycles. The third-order valence-corrected chi connectivity index (χ3v) is 1.82. The number of nitrogens with two attached hydrogens (primary N) is 2. The maximum atomic E-state index is 12.8. The Morgan fingerprint density at radius 1 is 1.45 bits per heavy atom. The minimum atomic E-state index is -1.64. The normalized spacial score (nSPS) is 32.1. The first-order chi connectivity index (χ1) is 5.04. The van der Waals surface area contributed by atoms with Gasteiger partial charge in [-0.2, -0.15) is 0 Å². The van der Waals surface area contributed by atoms with E-state index in [4.69, 9.17) is 11.5 Å². The lowest BCUT2D eigenvalue weighted by molar-refractivity contribution is 0.260. The summed E-state index contributed by atoms with van der Waals surface area (Å²) >= 11 is 0. The fourth-order valence-corrected chi connectivity index (χ4v) is 0.971. The van der Waals surface area contributed by atoms with E-state index in [2.05, 4.69) is 0 Å². The zero-order valence-corrected chi connectivity index (χ0v) is 6.14. The van der Waals surface area contributed by atoms with Crippen LogP contribution in [0, 0.1) is 5.92 Å². The van der Waals surface area contributed by atoms with E-state index in [1.807, 2.05) is 0 Å². The number of allylic oxidation sites excluding steroid dienone is 3. The summed E-state index contributed by atoms with van der Waals surface area (Å²) in [6.07, 6.45) is -0.706. The Kier molecular flexibility index (Phi) is 1.85. The Balaban J connectivity index is 3.01. The molecule has 0 fully saturated rings. The van der Waals surface area contributed by atoms with Crippen LogP contribution in [-0.4, -0.2) is 6.17 Å². The summed E-state index contributed by atoms with van der Waals surface area (Å²) in [5.74, 6) is -1.50. The van der Waals surface area contributed by atoms with Gasteiger partial charge in [-0.05, 0) is 6.08 Å². The molecule has 2 atom stereocenters. The molecule has 0 saturated heterocycles. The maximum absolute atomic E-state index is 12.8. The zero-order valence-electron chi connectivity index (χ0n) is 6.14. The van der Waals surface area contributed by atoms with Crippen LogP contribution in [0.5, 0.6) is 0 Å². The molecule has 0 aromatic carbocycles. The van der Waals surface area contributed by atoms with Gasteiger partial charge in [0.2, 0.25) is 0 Å². The zero-order chi connectivity index (χ0) is 8.59. The summed E-state index contributed by atoms with van der Waals surface area (Å²) in [5.41, 5.74) is 11.0. The quantitative estimate of drug-likeness (QED) is 0.554. The van der Waals surface area contributed by atoms with Crippen molar-refractivity contribution in [3.8, 4) is 0 Å². The molecule has 0 bridgehead atoms. The monoisotopic (exact) mass is 160 g/mol. The van der Waals surface area contributed by atoms with Crippen molar-refractivity contribution in [2.24, 2.45) is 17.4 Å². The third-order valence-electron chi connectivity index (χ3n) is 1.82. The summed E-state index contributed by atoms with van der Waals surface area (Å²) < 4.78 is 25.3. The van der Waals surface area contributed by atoms with Crippen LogP contribution in [0.2, 0.25) is 0 Å². The van der Waals surface area contributed by atoms with Crippen molar-refractivity contribution >= 4 is 0 Å². The van der Waals surface area contributed by atoms with E-state index in [9.17, 15) is 8.78 Å². The third kappa shape index (κ3) is 1.20. The lowest BCUT2D eigenvalue weighted by Crippen LogP contribution is -2.27. The van der Waals surface area contributed by atoms with Gasteiger partial charge in [0.1, 0.15) is 5.83 Å². The minimum absolute atomic E-state index is 0.129. The lowest BCUT2D eigenvalue weighted by Gasteiger charge is -2.21. The van der Waals surface area contributed by atoms with Crippen molar-refractivity contribution in [3.63, 3.8) is 0 Å². The average Bonchev–Trinajstić information content (AvgIpc) is 1.97. The molecular formula is C7H10F2N2. The average molecular weight is 160 g/mol. The summed E-state index contributed by atoms with van der Waals surface area (Å²) in [6, 6.07) is 0. The van der Waals surface area contributed by atoms with Crippen LogP contribution < -0.4 is 11.5 Å². The van der Waals surface area contributed by atoms with Crippen molar-refractivity contribution in [1.29, 1.82) is 0 Å². The van der Waals surface area contributed by atoms with Crippen LogP contribution in [-0.2, 0) is 0 Å². The van der Waals surface area contributed by atoms with Gasteiger partial charge in [-0.15, -0.1) is 0 Å². The molecule has 2 unspecified atom stereocenters. The van der Waals surface area contributed by atoms with E-state index in [0.717, 1.165) is 6.08 Å². The van der Waals surface area contributed by atoms with E-state index in [1.54, 1.807) is 0 Å². The van der Waals surface area contributed by atoms with Gasteiger partial charge in [-0.1, -0.05) is 6.92 Å². The van der Waals surface area contributed by atoms with Crippen molar-refractivity contribution in [1.82, 2.24) is 0 Å². The van der Waals surface area contributed by atoms with Gasteiger partial charge in [0.05, 0.1) is 5.70 Å². The van der Waals surface area contributed by atoms with Gasteiger partial charge in [0, 0.05) is 11.6 Å². The molecule has 2 nitrogen and oxygen atoms in total. The number of rotatable bonds is 0. The molecule has 0 aromatic heterocycles. The molecule has 4 N–H and O–H groups in total. The van der Waals surface area contributed by atoms with E-state index in [-0.39, 0.29) is 11.4 Å². The fourth-order valence-electron chi connectivity index (χ4n) is 0.971. The van der Waals surface area contributed by atoms with Gasteiger partial charge in [-0.25, -0.2) is 8.78 Å². The van der Waals surface area contributed by atoms with Crippen molar-refractivity contribution in [2.45, 2.75) is 13.1 Å². The van der Waals surface area contributed by atoms with Crippen molar-refractivity contribution in [3.05, 3.63) is 23.3 Å². The second-order valence-corrected chi connectivity index (χ2v) is 2.63. The van der Waals surface area contributed by atoms with Crippen molar-refractivity contribution in [2.75, 3.05) is 0 Å². The Bertz CT molecular complexity index is 233. The Hall–Kier alpha value is -1.06. The number of hydrogen-bond donors (Lipinski definition) is 2. The highest BCUT2D eigenvalue weighted by Gasteiger charge is 2.28. The minimum Gasteiger partial charge on any atom is -0.400 e. The highest BCUT2D eigenvalue weighted by atomic mass is 19.2. The first-order valence-corrected chi connectivity index (χ1v) is 3.30. The summed E-state index contributed by atoms with van der Waals surface area (Å²) in [7, 11) is 0. The van der Waals surface area contributed by atoms with Gasteiger partial charge in [0.15, 0.2) is 6.17 Å². The maximum Gasteiger partial charge on any atom is 0.159 e. The van der Waals surface area contributed by atoms with Crippen LogP contribution in [0.15, 0.2) is 23.3 Å². The molecular weight excluding hydrogens is 150 g/mol. The van der Waals surface area contributed by atoms with Gasteiger partial charge in [0.25, 0.3) is 0 Å². The Morgan fingerprint density at radius 2 is 2.00 bits per heavy atom. The van der Waals surface area contributed by atoms with Crippen molar-refractivity contribution < 1.29 is 8.78 Å². The molecule has 0 radical (unpaired) electrons. The predicted octanol–water partition coefficient (Wildman–Crippen LogP) is 0.957. The number of halogens is 2. The molecule has 1 aliphatic rings. The number of hydrogen-bond acceptors (Lipinski definition) is 2. The van der Waals surface area contributed by atoms with Gasteiger partial charge >= 0.3 is 0 Å². The molecule has 11 heavy (non-hydrogen) atoms. The Morgan fingerprint density at radius 3 is 2.55 bits per heavy atom. The van der Waals surface area contributed by atoms with Crippen LogP contribution in [0.3, 0.4) is 0 Å². The van der Waals surface area contributed by atoms with E-state index in [1.165, 1.54) is 6.92 Å². The largest absolute Gasteiger partial charge is 0.400 e. The molecule has 0 spiro atoms. The van der Waals surface area contributed by atoms with Gasteiger partial charge < -0.3 is 11.5 Å². The molecule has 62 valence electrons. The van der Waals surface area contributed by atoms with E-state index < -0.39 is 17.9 Å². The summed E-state index contributed by atoms with van der Waals surface area (Å²) in [5, 5.41) is 0. The summed E-state index contributed by atoms with van der Waals surface area (Å²) in [6.45, 7) is 1.50. The second kappa shape index (κ2) is 2.53. The first-order valence-electron chi connectivity index (χ1n) is 3.30. The van der Waals surface area contributed by atoms with E-state index >= 15 is 0 Å². The summed E-state index contributed by atoms with van der Waals surface area (Å²) in [4.78, 5) is 0. The molecule has 0 heterocycles. The fraction of sp³-hybridized carbons (Fsp3) is 0.429. The molecule has 0 aliphatic heterocycles. The first kappa shape index (κ1) is 8.04. The standard InChI is InChI=1S/C7H10F2N2/c1-3-6(9)4(8)2-5(10)7(3)11/h2-3,6H,10-11H2,1H3.